The van der Waals surface area contributed by atoms with Crippen LogP contribution >= 0.6 is 0 Å². The first kappa shape index (κ1) is 35.4. The predicted octanol–water partition coefficient (Wildman–Crippen LogP) is 13.7. The second-order valence-electron chi connectivity index (χ2n) is 12.3. The number of nitrogens with one attached hydrogen (secondary N) is 1. The Labute approximate surface area is 299 Å². The van der Waals surface area contributed by atoms with Gasteiger partial charge in [0.15, 0.2) is 0 Å². The topological polar surface area (TPSA) is 12.0 Å². The van der Waals surface area contributed by atoms with Gasteiger partial charge >= 0.3 is 0 Å². The Balaban J connectivity index is 0.000000478. The van der Waals surface area contributed by atoms with Gasteiger partial charge in [-0.25, -0.2) is 0 Å². The first-order valence-electron chi connectivity index (χ1n) is 17.3. The molecule has 6 aromatic carbocycles. The lowest BCUT2D eigenvalue weighted by molar-refractivity contribution is 1.04. The number of allylic oxidation sites excluding steroid dienone is 8. The van der Waals surface area contributed by atoms with Crippen LogP contribution in [0.3, 0.4) is 0 Å². The zero-order chi connectivity index (χ0) is 35.5. The molecule has 0 unspecified atom stereocenters. The monoisotopic (exact) mass is 649 g/mol. The van der Waals surface area contributed by atoms with E-state index in [4.69, 9.17) is 0 Å². The molecule has 6 aromatic rings. The maximum atomic E-state index is 4.51. The molecule has 1 nitrogen and oxygen atoms in total. The predicted molar refractivity (Wildman–Crippen MR) is 223 cm³/mol. The highest BCUT2D eigenvalue weighted by atomic mass is 14.8. The Morgan fingerprint density at radius 3 is 1.66 bits per heavy atom. The van der Waals surface area contributed by atoms with E-state index in [2.05, 4.69) is 172 Å². The molecule has 248 valence electrons. The summed E-state index contributed by atoms with van der Waals surface area (Å²) in [6.45, 7) is 18.9. The fourth-order valence-corrected chi connectivity index (χ4v) is 6.36. The molecule has 0 aliphatic rings. The van der Waals surface area contributed by atoms with E-state index in [0.717, 1.165) is 28.8 Å². The van der Waals surface area contributed by atoms with Crippen molar-refractivity contribution in [1.82, 2.24) is 5.32 Å². The fourth-order valence-electron chi connectivity index (χ4n) is 6.36. The van der Waals surface area contributed by atoms with Crippen LogP contribution in [0.15, 0.2) is 183 Å². The Hall–Kier alpha value is -5.92. The third-order valence-corrected chi connectivity index (χ3v) is 9.00. The van der Waals surface area contributed by atoms with Crippen molar-refractivity contribution in [1.29, 1.82) is 0 Å². The van der Waals surface area contributed by atoms with Crippen molar-refractivity contribution in [2.75, 3.05) is 7.05 Å². The van der Waals surface area contributed by atoms with E-state index >= 15 is 0 Å². The molecule has 0 radical (unpaired) electrons. The summed E-state index contributed by atoms with van der Waals surface area (Å²) in [7, 11) is 1.85. The molecule has 0 heterocycles. The van der Waals surface area contributed by atoms with E-state index in [1.54, 1.807) is 0 Å². The van der Waals surface area contributed by atoms with Crippen molar-refractivity contribution >= 4 is 38.3 Å². The number of hydrogen-bond donors (Lipinski definition) is 1. The molecular weight excluding hydrogens is 603 g/mol. The largest absolute Gasteiger partial charge is 0.389 e. The maximum absolute atomic E-state index is 4.51. The first-order chi connectivity index (χ1) is 24.4. The van der Waals surface area contributed by atoms with Crippen LogP contribution in [0.5, 0.6) is 0 Å². The van der Waals surface area contributed by atoms with E-state index in [-0.39, 0.29) is 0 Å². The third kappa shape index (κ3) is 8.02. The second-order valence-corrected chi connectivity index (χ2v) is 12.3. The van der Waals surface area contributed by atoms with Crippen LogP contribution in [0.25, 0.3) is 60.5 Å². The summed E-state index contributed by atoms with van der Waals surface area (Å²) < 4.78 is 0. The number of hydrogen-bond acceptors (Lipinski definition) is 1. The molecule has 0 aliphatic heterocycles. The molecule has 1 N–H and O–H groups in total. The first-order valence-corrected chi connectivity index (χ1v) is 17.3. The van der Waals surface area contributed by atoms with Crippen LogP contribution in [0, 0.1) is 0 Å². The molecule has 0 spiro atoms. The fraction of sp³-hybridized carbons (Fsp3) is 0.102. The summed E-state index contributed by atoms with van der Waals surface area (Å²) in [6.07, 6.45) is 10.9. The molecule has 6 rings (SSSR count). The van der Waals surface area contributed by atoms with E-state index < -0.39 is 0 Å². The average Bonchev–Trinajstić information content (AvgIpc) is 3.17. The lowest BCUT2D eigenvalue weighted by Gasteiger charge is -2.19. The maximum Gasteiger partial charge on any atom is 0.0264 e. The van der Waals surface area contributed by atoms with Crippen molar-refractivity contribution in [3.63, 3.8) is 0 Å². The Bertz CT molecular complexity index is 2170. The van der Waals surface area contributed by atoms with Gasteiger partial charge in [-0.3, -0.25) is 0 Å². The van der Waals surface area contributed by atoms with E-state index in [0.29, 0.717) is 0 Å². The van der Waals surface area contributed by atoms with Crippen molar-refractivity contribution in [3.8, 4) is 22.3 Å². The van der Waals surface area contributed by atoms with Gasteiger partial charge in [0.05, 0.1) is 0 Å². The number of likely N-dealkylation sites (N-methyl/N-ethyl adjacent to an activating group) is 1. The zero-order valence-corrected chi connectivity index (χ0v) is 29.8. The summed E-state index contributed by atoms with van der Waals surface area (Å²) in [5, 5.41) is 7.92. The second kappa shape index (κ2) is 17.0. The highest BCUT2D eigenvalue weighted by Gasteiger charge is 2.17. The normalized spacial score (nSPS) is 11.5. The van der Waals surface area contributed by atoms with Crippen molar-refractivity contribution in [3.05, 3.63) is 200 Å². The molecule has 1 heteroatoms. The van der Waals surface area contributed by atoms with Gasteiger partial charge in [-0.2, -0.15) is 0 Å². The third-order valence-electron chi connectivity index (χ3n) is 9.00. The molecule has 0 fully saturated rings. The van der Waals surface area contributed by atoms with Crippen LogP contribution in [0.4, 0.5) is 0 Å². The van der Waals surface area contributed by atoms with Crippen LogP contribution < -0.4 is 5.32 Å². The van der Waals surface area contributed by atoms with E-state index in [1.807, 2.05) is 38.3 Å². The standard InChI is InChI=1S/C41H34.C8H13N/c1-5-28(2)34-17-9-10-18-35(34)29(3)27-30(4)40-36-19-11-13-21-38(36)41(39-22-14-12-20-37(39)40)33-25-23-32(24-26-33)31-15-7-6-8-16-31;1-4-5-6-7-8(2)9-3/h6-27H,2-3,5H2,1,4H3;4-7,9H,2H2,1,3H3/b30-27+;5-4-,7-6-. The summed E-state index contributed by atoms with van der Waals surface area (Å²) in [5.41, 5.74) is 12.8. The summed E-state index contributed by atoms with van der Waals surface area (Å²) in [5.74, 6) is 0. The molecule has 0 aliphatic carbocycles. The van der Waals surface area contributed by atoms with E-state index in [9.17, 15) is 0 Å². The van der Waals surface area contributed by atoms with Crippen LogP contribution in [0.2, 0.25) is 0 Å². The van der Waals surface area contributed by atoms with Gasteiger partial charge in [0.2, 0.25) is 0 Å². The van der Waals surface area contributed by atoms with Gasteiger partial charge < -0.3 is 5.32 Å². The van der Waals surface area contributed by atoms with Gasteiger partial charge in [0.25, 0.3) is 0 Å². The molecule has 0 saturated heterocycles. The molecule has 0 atom stereocenters. The number of rotatable bonds is 10. The summed E-state index contributed by atoms with van der Waals surface area (Å²) in [6, 6.07) is 45.6. The molecule has 0 saturated carbocycles. The van der Waals surface area contributed by atoms with Crippen LogP contribution in [-0.2, 0) is 0 Å². The number of fused-ring (bicyclic) bond motifs is 2. The Morgan fingerprint density at radius 1 is 0.600 bits per heavy atom. The SMILES string of the molecule is C=C(/C=C(\C)c1c2ccccc2c(-c2ccc(-c3ccccc3)cc2)c2ccccc12)c1ccccc1C(=C)CC.C=C(/C=C\C=C/C)NC. The minimum Gasteiger partial charge on any atom is -0.389 e. The Morgan fingerprint density at radius 2 is 1.10 bits per heavy atom. The average molecular weight is 650 g/mol. The van der Waals surface area contributed by atoms with Gasteiger partial charge in [0.1, 0.15) is 0 Å². The minimum absolute atomic E-state index is 0.913. The van der Waals surface area contributed by atoms with Gasteiger partial charge in [-0.1, -0.05) is 178 Å². The van der Waals surface area contributed by atoms with Crippen LogP contribution in [0.1, 0.15) is 43.9 Å². The van der Waals surface area contributed by atoms with Crippen molar-refractivity contribution in [2.24, 2.45) is 0 Å². The lowest BCUT2D eigenvalue weighted by atomic mass is 9.85. The van der Waals surface area contributed by atoms with Gasteiger partial charge in [0, 0.05) is 12.7 Å². The lowest BCUT2D eigenvalue weighted by Crippen LogP contribution is -1.99. The zero-order valence-electron chi connectivity index (χ0n) is 29.8. The quantitative estimate of drug-likeness (QED) is 0.115. The van der Waals surface area contributed by atoms with Gasteiger partial charge in [-0.05, 0) is 104 Å². The molecule has 0 bridgehead atoms. The van der Waals surface area contributed by atoms with Crippen molar-refractivity contribution < 1.29 is 0 Å². The van der Waals surface area contributed by atoms with Crippen molar-refractivity contribution in [2.45, 2.75) is 27.2 Å². The molecule has 0 aromatic heterocycles. The molecule has 0 amide bonds. The van der Waals surface area contributed by atoms with Crippen LogP contribution in [-0.4, -0.2) is 7.05 Å². The summed E-state index contributed by atoms with van der Waals surface area (Å²) >= 11 is 0. The smallest absolute Gasteiger partial charge is 0.0264 e. The highest BCUT2D eigenvalue weighted by Crippen LogP contribution is 2.42. The molecular formula is C49H47N. The number of benzene rings is 6. The van der Waals surface area contributed by atoms with Gasteiger partial charge in [-0.15, -0.1) is 0 Å². The van der Waals surface area contributed by atoms with E-state index in [1.165, 1.54) is 60.5 Å². The minimum atomic E-state index is 0.913. The summed E-state index contributed by atoms with van der Waals surface area (Å²) in [4.78, 5) is 0. The Kier molecular flexibility index (Phi) is 12.0. The highest BCUT2D eigenvalue weighted by molar-refractivity contribution is 6.19. The molecule has 50 heavy (non-hydrogen) atoms.